The molecule has 138 valence electrons. The van der Waals surface area contributed by atoms with Crippen LogP contribution in [-0.2, 0) is 19.1 Å². The Labute approximate surface area is 154 Å². The number of hydrogen-bond acceptors (Lipinski definition) is 4. The number of aryl methyl sites for hydroxylation is 1. The van der Waals surface area contributed by atoms with Crippen LogP contribution in [-0.4, -0.2) is 36.7 Å². The van der Waals surface area contributed by atoms with E-state index in [0.717, 1.165) is 30.5 Å². The number of carbonyl (C=O) groups excluding carboxylic acids is 2. The van der Waals surface area contributed by atoms with E-state index < -0.39 is 17.4 Å². The summed E-state index contributed by atoms with van der Waals surface area (Å²) in [5.41, 5.74) is 1.23. The second kappa shape index (κ2) is 6.54. The van der Waals surface area contributed by atoms with Gasteiger partial charge in [0.05, 0.1) is 25.2 Å². The van der Waals surface area contributed by atoms with Gasteiger partial charge in [0.2, 0.25) is 5.91 Å². The molecule has 3 aliphatic heterocycles. The highest BCUT2D eigenvalue weighted by molar-refractivity contribution is 6.03. The zero-order chi connectivity index (χ0) is 18.3. The van der Waals surface area contributed by atoms with Crippen LogP contribution in [0.25, 0.3) is 0 Å². The summed E-state index contributed by atoms with van der Waals surface area (Å²) in [5.74, 6) is -1.37. The fourth-order valence-electron chi connectivity index (χ4n) is 4.46. The fraction of sp³-hybridized carbons (Fsp3) is 0.524. The predicted octanol–water partition coefficient (Wildman–Crippen LogP) is 3.01. The topological polar surface area (TPSA) is 55.8 Å². The summed E-state index contributed by atoms with van der Waals surface area (Å²) in [7, 11) is 0. The third-order valence-electron chi connectivity index (χ3n) is 5.77. The lowest BCUT2D eigenvalue weighted by Crippen LogP contribution is -2.40. The van der Waals surface area contributed by atoms with Gasteiger partial charge in [-0.25, -0.2) is 0 Å². The molecule has 2 saturated heterocycles. The molecule has 0 aromatic heterocycles. The Balaban J connectivity index is 1.56. The molecular formula is C21H25NO4. The average Bonchev–Trinajstić information content (AvgIpc) is 3.27. The summed E-state index contributed by atoms with van der Waals surface area (Å²) in [6.07, 6.45) is 6.51. The van der Waals surface area contributed by atoms with Gasteiger partial charge in [0.15, 0.2) is 0 Å². The van der Waals surface area contributed by atoms with Gasteiger partial charge in [-0.1, -0.05) is 50.1 Å². The number of benzene rings is 1. The number of fused-ring (bicyclic) bond motifs is 1. The average molecular weight is 355 g/mol. The predicted molar refractivity (Wildman–Crippen MR) is 97.7 cm³/mol. The summed E-state index contributed by atoms with van der Waals surface area (Å²) in [6, 6.07) is 7.81. The van der Waals surface area contributed by atoms with Crippen LogP contribution < -0.4 is 4.90 Å². The van der Waals surface area contributed by atoms with Gasteiger partial charge in [-0.3, -0.25) is 9.59 Å². The van der Waals surface area contributed by atoms with Crippen molar-refractivity contribution in [3.05, 3.63) is 42.0 Å². The highest BCUT2D eigenvalue weighted by Gasteiger charge is 2.67. The molecule has 0 aliphatic carbocycles. The molecule has 1 aromatic carbocycles. The second-order valence-electron chi connectivity index (χ2n) is 7.49. The van der Waals surface area contributed by atoms with Gasteiger partial charge >= 0.3 is 5.97 Å². The Morgan fingerprint density at radius 1 is 1.35 bits per heavy atom. The van der Waals surface area contributed by atoms with Gasteiger partial charge in [0.25, 0.3) is 0 Å². The molecule has 5 heteroatoms. The summed E-state index contributed by atoms with van der Waals surface area (Å²) < 4.78 is 11.6. The van der Waals surface area contributed by atoms with Crippen molar-refractivity contribution in [3.63, 3.8) is 0 Å². The third-order valence-corrected chi connectivity index (χ3v) is 5.77. The number of nitrogens with zero attached hydrogens (tertiary/aromatic N) is 1. The molecule has 1 spiro atoms. The Hall–Kier alpha value is -2.14. The normalized spacial score (nSPS) is 31.5. The van der Waals surface area contributed by atoms with Gasteiger partial charge in [0.1, 0.15) is 11.5 Å². The number of hydrogen-bond donors (Lipinski definition) is 0. The first-order chi connectivity index (χ1) is 12.6. The van der Waals surface area contributed by atoms with Gasteiger partial charge in [-0.2, -0.15) is 0 Å². The van der Waals surface area contributed by atoms with Gasteiger partial charge in [0, 0.05) is 5.69 Å². The van der Waals surface area contributed by atoms with E-state index >= 15 is 0 Å². The number of carbonyl (C=O) groups is 2. The number of rotatable bonds is 6. The molecule has 2 fully saturated rings. The van der Waals surface area contributed by atoms with Crippen molar-refractivity contribution in [2.75, 3.05) is 18.1 Å². The zero-order valence-electron chi connectivity index (χ0n) is 15.3. The number of unbranched alkanes of at least 4 members (excludes halogenated alkanes) is 2. The van der Waals surface area contributed by atoms with Crippen LogP contribution in [0.4, 0.5) is 5.69 Å². The van der Waals surface area contributed by atoms with E-state index in [1.165, 1.54) is 0 Å². The van der Waals surface area contributed by atoms with Crippen molar-refractivity contribution in [1.29, 1.82) is 0 Å². The maximum absolute atomic E-state index is 13.2. The minimum absolute atomic E-state index is 0.0401. The van der Waals surface area contributed by atoms with E-state index in [1.807, 2.05) is 43.3 Å². The number of ether oxygens (including phenoxy) is 2. The van der Waals surface area contributed by atoms with Gasteiger partial charge in [-0.15, -0.1) is 0 Å². The second-order valence-corrected chi connectivity index (χ2v) is 7.49. The monoisotopic (exact) mass is 355 g/mol. The van der Waals surface area contributed by atoms with Crippen molar-refractivity contribution >= 4 is 17.6 Å². The van der Waals surface area contributed by atoms with Gasteiger partial charge in [-0.05, 0) is 25.0 Å². The molecule has 4 atom stereocenters. The van der Waals surface area contributed by atoms with Crippen LogP contribution in [0.3, 0.4) is 0 Å². The smallest absolute Gasteiger partial charge is 0.312 e. The van der Waals surface area contributed by atoms with Crippen LogP contribution >= 0.6 is 0 Å². The quantitative estimate of drug-likeness (QED) is 0.447. The van der Waals surface area contributed by atoms with Crippen molar-refractivity contribution in [1.82, 2.24) is 0 Å². The molecule has 26 heavy (non-hydrogen) atoms. The molecule has 1 aromatic rings. The number of esters is 1. The summed E-state index contributed by atoms with van der Waals surface area (Å²) in [4.78, 5) is 27.7. The van der Waals surface area contributed by atoms with E-state index in [4.69, 9.17) is 9.47 Å². The molecule has 3 aliphatic rings. The van der Waals surface area contributed by atoms with Crippen LogP contribution in [0.2, 0.25) is 0 Å². The SMILES string of the molecule is CCCCCOC(=O)[C@@H]1[C@H]2C=C[C@@]3(CN(c4ccccc4C)C(=O)[C@@H]13)O2. The minimum atomic E-state index is -0.697. The van der Waals surface area contributed by atoms with Crippen molar-refractivity contribution < 1.29 is 19.1 Å². The van der Waals surface area contributed by atoms with Crippen molar-refractivity contribution in [2.45, 2.75) is 44.8 Å². The number of amides is 1. The zero-order valence-corrected chi connectivity index (χ0v) is 15.3. The highest BCUT2D eigenvalue weighted by atomic mass is 16.6. The van der Waals surface area contributed by atoms with E-state index in [9.17, 15) is 9.59 Å². The van der Waals surface area contributed by atoms with Crippen LogP contribution in [0.15, 0.2) is 36.4 Å². The first kappa shape index (κ1) is 17.3. The van der Waals surface area contributed by atoms with E-state index in [0.29, 0.717) is 13.2 Å². The van der Waals surface area contributed by atoms with Crippen LogP contribution in [0.1, 0.15) is 31.7 Å². The largest absolute Gasteiger partial charge is 0.465 e. The van der Waals surface area contributed by atoms with E-state index in [1.54, 1.807) is 4.90 Å². The molecule has 4 rings (SSSR count). The Kier molecular flexibility index (Phi) is 4.35. The molecule has 0 radical (unpaired) electrons. The van der Waals surface area contributed by atoms with Crippen LogP contribution in [0, 0.1) is 18.8 Å². The van der Waals surface area contributed by atoms with Crippen LogP contribution in [0.5, 0.6) is 0 Å². The number of anilines is 1. The van der Waals surface area contributed by atoms with Crippen molar-refractivity contribution in [2.24, 2.45) is 11.8 Å². The molecule has 5 nitrogen and oxygen atoms in total. The number of para-hydroxylation sites is 1. The maximum atomic E-state index is 13.2. The lowest BCUT2D eigenvalue weighted by Gasteiger charge is -2.23. The molecule has 3 heterocycles. The Morgan fingerprint density at radius 2 is 2.15 bits per heavy atom. The summed E-state index contributed by atoms with van der Waals surface area (Å²) >= 11 is 0. The Bertz CT molecular complexity index is 758. The standard InChI is InChI=1S/C21H25NO4/c1-3-4-7-12-25-20(24)17-16-10-11-21(26-16)13-22(19(23)18(17)21)15-9-6-5-8-14(15)2/h5-6,8-11,16-18H,3-4,7,12-13H2,1-2H3/t16-,17-,18-,21+/m1/s1. The first-order valence-electron chi connectivity index (χ1n) is 9.48. The van der Waals surface area contributed by atoms with Gasteiger partial charge < -0.3 is 14.4 Å². The highest BCUT2D eigenvalue weighted by Crippen LogP contribution is 2.53. The summed E-state index contributed by atoms with van der Waals surface area (Å²) in [5, 5.41) is 0. The van der Waals surface area contributed by atoms with Crippen molar-refractivity contribution in [3.8, 4) is 0 Å². The van der Waals surface area contributed by atoms with E-state index in [-0.39, 0.29) is 18.0 Å². The third kappa shape index (κ3) is 2.57. The lowest BCUT2D eigenvalue weighted by atomic mass is 9.77. The van der Waals surface area contributed by atoms with E-state index in [2.05, 4.69) is 6.92 Å². The molecule has 0 unspecified atom stereocenters. The molecule has 0 saturated carbocycles. The Morgan fingerprint density at radius 3 is 2.92 bits per heavy atom. The molecular weight excluding hydrogens is 330 g/mol. The molecule has 1 amide bonds. The lowest BCUT2D eigenvalue weighted by molar-refractivity contribution is -0.152. The molecule has 0 N–H and O–H groups in total. The summed E-state index contributed by atoms with van der Waals surface area (Å²) in [6.45, 7) is 4.96. The molecule has 2 bridgehead atoms. The first-order valence-corrected chi connectivity index (χ1v) is 9.48. The maximum Gasteiger partial charge on any atom is 0.312 e. The minimum Gasteiger partial charge on any atom is -0.465 e. The fourth-order valence-corrected chi connectivity index (χ4v) is 4.46.